The fourth-order valence-corrected chi connectivity index (χ4v) is 2.35. The Morgan fingerprint density at radius 3 is 2.88 bits per heavy atom. The Hall–Kier alpha value is -0.960. The van der Waals surface area contributed by atoms with Crippen molar-refractivity contribution >= 4 is 0 Å². The molecule has 1 unspecified atom stereocenters. The molecule has 0 radical (unpaired) electrons. The van der Waals surface area contributed by atoms with Gasteiger partial charge in [0, 0.05) is 18.3 Å². The number of likely N-dealkylation sites (tertiary alicyclic amines) is 1. The van der Waals surface area contributed by atoms with Gasteiger partial charge >= 0.3 is 0 Å². The highest BCUT2D eigenvalue weighted by molar-refractivity contribution is 5.12. The van der Waals surface area contributed by atoms with E-state index in [1.807, 2.05) is 6.07 Å². The zero-order chi connectivity index (χ0) is 11.8. The van der Waals surface area contributed by atoms with Crippen molar-refractivity contribution in [2.24, 2.45) is 5.92 Å². The molecule has 2 heterocycles. The number of aromatic nitrogens is 1. The summed E-state index contributed by atoms with van der Waals surface area (Å²) in [5, 5.41) is 0. The number of hydrogen-bond acceptors (Lipinski definition) is 2. The third kappa shape index (κ3) is 2.09. The molecule has 0 aromatic carbocycles. The average Bonchev–Trinajstić information content (AvgIpc) is 2.45. The van der Waals surface area contributed by atoms with Crippen LogP contribution in [0, 0.1) is 11.9 Å². The number of nitrogens with zero attached hydrogens (tertiary/aromatic N) is 2. The number of pyridine rings is 1. The summed E-state index contributed by atoms with van der Waals surface area (Å²) in [6.07, 6.45) is 2.76. The highest BCUT2D eigenvalue weighted by Gasteiger charge is 2.37. The SMILES string of the molecule is CC1CCN(Cc2ccnc(F)c2)C1(C)C. The summed E-state index contributed by atoms with van der Waals surface area (Å²) < 4.78 is 13.0. The van der Waals surface area contributed by atoms with E-state index >= 15 is 0 Å². The van der Waals surface area contributed by atoms with Gasteiger partial charge in [0.05, 0.1) is 0 Å². The number of halogens is 1. The van der Waals surface area contributed by atoms with Gasteiger partial charge in [0.25, 0.3) is 0 Å². The maximum atomic E-state index is 13.0. The van der Waals surface area contributed by atoms with E-state index in [2.05, 4.69) is 30.7 Å². The standard InChI is InChI=1S/C13H19FN2/c1-10-5-7-16(13(10,2)3)9-11-4-6-15-12(14)8-11/h4,6,8,10H,5,7,9H2,1-3H3. The zero-order valence-electron chi connectivity index (χ0n) is 10.2. The third-order valence-corrected chi connectivity index (χ3v) is 4.02. The highest BCUT2D eigenvalue weighted by Crippen LogP contribution is 2.34. The summed E-state index contributed by atoms with van der Waals surface area (Å²) in [6, 6.07) is 3.42. The van der Waals surface area contributed by atoms with Crippen LogP contribution in [-0.2, 0) is 6.54 Å². The lowest BCUT2D eigenvalue weighted by Crippen LogP contribution is -2.41. The average molecular weight is 222 g/mol. The Labute approximate surface area is 96.5 Å². The van der Waals surface area contributed by atoms with Crippen molar-refractivity contribution in [3.8, 4) is 0 Å². The van der Waals surface area contributed by atoms with E-state index in [9.17, 15) is 4.39 Å². The van der Waals surface area contributed by atoms with Gasteiger partial charge < -0.3 is 0 Å². The Kier molecular flexibility index (Phi) is 2.98. The molecule has 1 aliphatic rings. The lowest BCUT2D eigenvalue weighted by Gasteiger charge is -2.34. The van der Waals surface area contributed by atoms with E-state index < -0.39 is 0 Å². The fourth-order valence-electron chi connectivity index (χ4n) is 2.35. The summed E-state index contributed by atoms with van der Waals surface area (Å²) in [4.78, 5) is 6.00. The van der Waals surface area contributed by atoms with E-state index in [0.717, 1.165) is 18.7 Å². The second-order valence-corrected chi connectivity index (χ2v) is 5.25. The molecule has 0 saturated carbocycles. The lowest BCUT2D eigenvalue weighted by atomic mass is 9.90. The van der Waals surface area contributed by atoms with Crippen LogP contribution < -0.4 is 0 Å². The zero-order valence-corrected chi connectivity index (χ0v) is 10.2. The molecule has 1 aliphatic heterocycles. The molecule has 1 fully saturated rings. The number of hydrogen-bond donors (Lipinski definition) is 0. The summed E-state index contributed by atoms with van der Waals surface area (Å²) in [7, 11) is 0. The van der Waals surface area contributed by atoms with E-state index in [-0.39, 0.29) is 11.5 Å². The molecule has 0 amide bonds. The van der Waals surface area contributed by atoms with Gasteiger partial charge in [-0.3, -0.25) is 4.90 Å². The van der Waals surface area contributed by atoms with Crippen LogP contribution in [-0.4, -0.2) is 22.0 Å². The molecule has 1 atom stereocenters. The largest absolute Gasteiger partial charge is 0.294 e. The maximum absolute atomic E-state index is 13.0. The molecule has 88 valence electrons. The number of rotatable bonds is 2. The van der Waals surface area contributed by atoms with Gasteiger partial charge in [-0.15, -0.1) is 0 Å². The Balaban J connectivity index is 2.11. The van der Waals surface area contributed by atoms with Gasteiger partial charge in [-0.1, -0.05) is 6.92 Å². The topological polar surface area (TPSA) is 16.1 Å². The first-order chi connectivity index (χ1) is 7.50. The predicted molar refractivity (Wildman–Crippen MR) is 62.5 cm³/mol. The second-order valence-electron chi connectivity index (χ2n) is 5.25. The van der Waals surface area contributed by atoms with Crippen molar-refractivity contribution in [1.82, 2.24) is 9.88 Å². The first-order valence-electron chi connectivity index (χ1n) is 5.85. The van der Waals surface area contributed by atoms with E-state index in [4.69, 9.17) is 0 Å². The van der Waals surface area contributed by atoms with Crippen molar-refractivity contribution in [2.45, 2.75) is 39.3 Å². The molecule has 2 rings (SSSR count). The Morgan fingerprint density at radius 1 is 1.56 bits per heavy atom. The minimum Gasteiger partial charge on any atom is -0.294 e. The summed E-state index contributed by atoms with van der Waals surface area (Å²) in [6.45, 7) is 8.73. The van der Waals surface area contributed by atoms with Gasteiger partial charge in [-0.25, -0.2) is 4.98 Å². The Morgan fingerprint density at radius 2 is 2.31 bits per heavy atom. The predicted octanol–water partition coefficient (Wildman–Crippen LogP) is 2.84. The van der Waals surface area contributed by atoms with E-state index in [1.165, 1.54) is 18.7 Å². The van der Waals surface area contributed by atoms with Gasteiger partial charge in [0.15, 0.2) is 0 Å². The summed E-state index contributed by atoms with van der Waals surface area (Å²) in [5.74, 6) is 0.307. The minimum atomic E-state index is -0.387. The molecule has 1 aromatic heterocycles. The van der Waals surface area contributed by atoms with Crippen molar-refractivity contribution < 1.29 is 4.39 Å². The molecule has 3 heteroatoms. The van der Waals surface area contributed by atoms with Crippen LogP contribution in [0.25, 0.3) is 0 Å². The Bertz CT molecular complexity index is 376. The van der Waals surface area contributed by atoms with E-state index in [0.29, 0.717) is 5.92 Å². The van der Waals surface area contributed by atoms with Gasteiger partial charge in [0.1, 0.15) is 0 Å². The van der Waals surface area contributed by atoms with Crippen molar-refractivity contribution in [1.29, 1.82) is 0 Å². The van der Waals surface area contributed by atoms with Crippen LogP contribution in [0.15, 0.2) is 18.3 Å². The van der Waals surface area contributed by atoms with Gasteiger partial charge in [-0.05, 0) is 50.4 Å². The van der Waals surface area contributed by atoms with Crippen LogP contribution in [0.4, 0.5) is 4.39 Å². The van der Waals surface area contributed by atoms with Crippen LogP contribution in [0.2, 0.25) is 0 Å². The first kappa shape index (κ1) is 11.5. The fraction of sp³-hybridized carbons (Fsp3) is 0.615. The molecule has 0 aliphatic carbocycles. The molecule has 0 bridgehead atoms. The van der Waals surface area contributed by atoms with E-state index in [1.54, 1.807) is 0 Å². The molecular formula is C13H19FN2. The summed E-state index contributed by atoms with van der Waals surface area (Å²) in [5.41, 5.74) is 1.22. The smallest absolute Gasteiger partial charge is 0.213 e. The quantitative estimate of drug-likeness (QED) is 0.715. The van der Waals surface area contributed by atoms with Gasteiger partial charge in [0.2, 0.25) is 5.95 Å². The molecule has 2 nitrogen and oxygen atoms in total. The van der Waals surface area contributed by atoms with Crippen LogP contribution >= 0.6 is 0 Å². The molecule has 1 aromatic rings. The molecule has 16 heavy (non-hydrogen) atoms. The lowest BCUT2D eigenvalue weighted by molar-refractivity contribution is 0.137. The molecule has 0 spiro atoms. The normalized spacial score (nSPS) is 24.9. The van der Waals surface area contributed by atoms with Crippen molar-refractivity contribution in [3.05, 3.63) is 29.8 Å². The van der Waals surface area contributed by atoms with Crippen molar-refractivity contribution in [3.63, 3.8) is 0 Å². The highest BCUT2D eigenvalue weighted by atomic mass is 19.1. The van der Waals surface area contributed by atoms with Crippen LogP contribution in [0.3, 0.4) is 0 Å². The molecule has 1 saturated heterocycles. The third-order valence-electron chi connectivity index (χ3n) is 4.02. The van der Waals surface area contributed by atoms with Gasteiger partial charge in [-0.2, -0.15) is 4.39 Å². The second kappa shape index (κ2) is 4.13. The monoisotopic (exact) mass is 222 g/mol. The van der Waals surface area contributed by atoms with Crippen molar-refractivity contribution in [2.75, 3.05) is 6.54 Å². The molecular weight excluding hydrogens is 203 g/mol. The van der Waals surface area contributed by atoms with Crippen LogP contribution in [0.1, 0.15) is 32.8 Å². The van der Waals surface area contributed by atoms with Crippen LogP contribution in [0.5, 0.6) is 0 Å². The first-order valence-corrected chi connectivity index (χ1v) is 5.85. The maximum Gasteiger partial charge on any atom is 0.213 e. The molecule has 0 N–H and O–H groups in total. The minimum absolute atomic E-state index is 0.208. The summed E-state index contributed by atoms with van der Waals surface area (Å²) >= 11 is 0.